The first-order valence-electron chi connectivity index (χ1n) is 8.32. The van der Waals surface area contributed by atoms with E-state index in [-0.39, 0.29) is 29.8 Å². The van der Waals surface area contributed by atoms with Gasteiger partial charge < -0.3 is 15.1 Å². The van der Waals surface area contributed by atoms with Crippen LogP contribution in [0.5, 0.6) is 0 Å². The van der Waals surface area contributed by atoms with Crippen molar-refractivity contribution in [2.45, 2.75) is 45.3 Å². The topological polar surface area (TPSA) is 69.7 Å². The van der Waals surface area contributed by atoms with E-state index < -0.39 is 6.04 Å². The summed E-state index contributed by atoms with van der Waals surface area (Å²) in [5.41, 5.74) is 1.55. The Bertz CT molecular complexity index is 688. The minimum absolute atomic E-state index is 0.0291. The van der Waals surface area contributed by atoms with Gasteiger partial charge in [-0.15, -0.1) is 0 Å². The van der Waals surface area contributed by atoms with Crippen LogP contribution < -0.4 is 5.32 Å². The van der Waals surface area contributed by atoms with Crippen molar-refractivity contribution < 1.29 is 14.4 Å². The van der Waals surface area contributed by atoms with Crippen LogP contribution in [-0.2, 0) is 9.59 Å². The monoisotopic (exact) mass is 329 g/mol. The summed E-state index contributed by atoms with van der Waals surface area (Å²) in [5.74, 6) is -0.231. The molecule has 1 aromatic rings. The molecule has 2 fully saturated rings. The summed E-state index contributed by atoms with van der Waals surface area (Å²) in [6, 6.07) is 6.90. The van der Waals surface area contributed by atoms with Crippen molar-refractivity contribution >= 4 is 17.7 Å². The van der Waals surface area contributed by atoms with E-state index in [9.17, 15) is 14.4 Å². The van der Waals surface area contributed by atoms with Gasteiger partial charge in [0.2, 0.25) is 11.8 Å². The van der Waals surface area contributed by atoms with E-state index in [1.54, 1.807) is 17.9 Å². The van der Waals surface area contributed by atoms with Gasteiger partial charge in [0.15, 0.2) is 0 Å². The Morgan fingerprint density at radius 2 is 1.92 bits per heavy atom. The third-order valence-electron chi connectivity index (χ3n) is 4.97. The van der Waals surface area contributed by atoms with E-state index in [1.165, 1.54) is 6.92 Å². The maximum Gasteiger partial charge on any atom is 0.254 e. The highest BCUT2D eigenvalue weighted by atomic mass is 16.2. The number of nitrogens with zero attached hydrogens (tertiary/aromatic N) is 2. The number of hydrogen-bond acceptors (Lipinski definition) is 3. The number of benzene rings is 1. The number of carbonyl (C=O) groups excluding carboxylic acids is 3. The Hall–Kier alpha value is -2.37. The van der Waals surface area contributed by atoms with Gasteiger partial charge in [0.05, 0.1) is 6.04 Å². The molecule has 1 aromatic carbocycles. The Labute approximate surface area is 141 Å². The molecule has 2 aliphatic rings. The van der Waals surface area contributed by atoms with Crippen LogP contribution in [0.1, 0.15) is 36.2 Å². The number of aryl methyl sites for hydroxylation is 1. The molecule has 0 aliphatic carbocycles. The predicted octanol–water partition coefficient (Wildman–Crippen LogP) is 0.945. The van der Waals surface area contributed by atoms with Crippen molar-refractivity contribution in [1.82, 2.24) is 15.1 Å². The molecule has 3 amide bonds. The molecule has 24 heavy (non-hydrogen) atoms. The van der Waals surface area contributed by atoms with Gasteiger partial charge in [-0.1, -0.05) is 18.2 Å². The maximum absolute atomic E-state index is 12.9. The molecule has 2 aliphatic heterocycles. The predicted molar refractivity (Wildman–Crippen MR) is 89.4 cm³/mol. The first-order chi connectivity index (χ1) is 11.4. The summed E-state index contributed by atoms with van der Waals surface area (Å²) in [6.45, 7) is 6.20. The van der Waals surface area contributed by atoms with Crippen molar-refractivity contribution in [2.75, 3.05) is 13.1 Å². The molecule has 0 spiro atoms. The molecule has 0 radical (unpaired) electrons. The summed E-state index contributed by atoms with van der Waals surface area (Å²) in [6.07, 6.45) is 0.690. The lowest BCUT2D eigenvalue weighted by molar-refractivity contribution is -0.141. The number of carbonyl (C=O) groups is 3. The normalized spacial score (nSPS) is 26.3. The van der Waals surface area contributed by atoms with Crippen molar-refractivity contribution in [3.8, 4) is 0 Å². The highest BCUT2D eigenvalue weighted by Crippen LogP contribution is 2.27. The average molecular weight is 329 g/mol. The molecule has 3 atom stereocenters. The molecular weight excluding hydrogens is 306 g/mol. The quantitative estimate of drug-likeness (QED) is 0.878. The summed E-state index contributed by atoms with van der Waals surface area (Å²) in [7, 11) is 0. The van der Waals surface area contributed by atoms with Crippen molar-refractivity contribution in [2.24, 2.45) is 0 Å². The number of fused-ring (bicyclic) bond motifs is 1. The van der Waals surface area contributed by atoms with Gasteiger partial charge in [0.25, 0.3) is 5.91 Å². The van der Waals surface area contributed by atoms with Gasteiger partial charge in [-0.2, -0.15) is 0 Å². The zero-order chi connectivity index (χ0) is 17.4. The zero-order valence-corrected chi connectivity index (χ0v) is 14.3. The highest BCUT2D eigenvalue weighted by molar-refractivity contribution is 5.99. The smallest absolute Gasteiger partial charge is 0.254 e. The molecule has 6 heteroatoms. The molecule has 128 valence electrons. The van der Waals surface area contributed by atoms with Crippen molar-refractivity contribution in [3.63, 3.8) is 0 Å². The van der Waals surface area contributed by atoms with E-state index in [4.69, 9.17) is 0 Å². The Morgan fingerprint density at radius 1 is 1.21 bits per heavy atom. The van der Waals surface area contributed by atoms with Gasteiger partial charge >= 0.3 is 0 Å². The van der Waals surface area contributed by atoms with Gasteiger partial charge in [-0.05, 0) is 31.9 Å². The summed E-state index contributed by atoms with van der Waals surface area (Å²) in [5, 5.41) is 2.88. The third kappa shape index (κ3) is 2.88. The SMILES string of the molecule is CC(=O)N[C@H]1C[C@H]2CN(C(=O)c3ccccc3C)[C@@H](C)C(=O)N2C1. The van der Waals surface area contributed by atoms with Crippen LogP contribution in [0.4, 0.5) is 0 Å². The number of nitrogens with one attached hydrogen (secondary N) is 1. The second-order valence-electron chi connectivity index (χ2n) is 6.73. The van der Waals surface area contributed by atoms with Crippen LogP contribution in [0.15, 0.2) is 24.3 Å². The van der Waals surface area contributed by atoms with Crippen LogP contribution in [0.2, 0.25) is 0 Å². The number of hydrogen-bond donors (Lipinski definition) is 1. The van der Waals surface area contributed by atoms with E-state index in [0.29, 0.717) is 25.1 Å². The fourth-order valence-corrected chi connectivity index (χ4v) is 3.74. The first-order valence-corrected chi connectivity index (χ1v) is 8.32. The standard InChI is InChI=1S/C18H23N3O3/c1-11-6-4-5-7-16(11)18(24)20-10-15-8-14(19-13(3)22)9-21(15)17(23)12(20)2/h4-7,12,14-15H,8-10H2,1-3H3,(H,19,22)/t12-,14-,15-/m0/s1. The minimum atomic E-state index is -0.482. The number of amides is 3. The lowest BCUT2D eigenvalue weighted by Crippen LogP contribution is -2.60. The Morgan fingerprint density at radius 3 is 2.58 bits per heavy atom. The second-order valence-corrected chi connectivity index (χ2v) is 6.73. The summed E-state index contributed by atoms with van der Waals surface area (Å²) in [4.78, 5) is 40.3. The molecule has 0 saturated carbocycles. The van der Waals surface area contributed by atoms with E-state index in [2.05, 4.69) is 5.32 Å². The fraction of sp³-hybridized carbons (Fsp3) is 0.500. The van der Waals surface area contributed by atoms with E-state index in [1.807, 2.05) is 30.0 Å². The summed E-state index contributed by atoms with van der Waals surface area (Å²) < 4.78 is 0. The van der Waals surface area contributed by atoms with Gasteiger partial charge in [-0.3, -0.25) is 14.4 Å². The van der Waals surface area contributed by atoms with Crippen LogP contribution in [0, 0.1) is 6.92 Å². The van der Waals surface area contributed by atoms with Crippen LogP contribution in [-0.4, -0.2) is 58.7 Å². The first kappa shape index (κ1) is 16.5. The largest absolute Gasteiger partial charge is 0.352 e. The molecule has 0 aromatic heterocycles. The van der Waals surface area contributed by atoms with Crippen molar-refractivity contribution in [3.05, 3.63) is 35.4 Å². The highest BCUT2D eigenvalue weighted by Gasteiger charge is 2.45. The van der Waals surface area contributed by atoms with E-state index in [0.717, 1.165) is 5.56 Å². The minimum Gasteiger partial charge on any atom is -0.352 e. The molecule has 2 saturated heterocycles. The average Bonchev–Trinajstić information content (AvgIpc) is 2.92. The Kier molecular flexibility index (Phi) is 4.30. The molecule has 1 N–H and O–H groups in total. The lowest BCUT2D eigenvalue weighted by Gasteiger charge is -2.41. The zero-order valence-electron chi connectivity index (χ0n) is 14.3. The second kappa shape index (κ2) is 6.26. The van der Waals surface area contributed by atoms with Crippen LogP contribution in [0.25, 0.3) is 0 Å². The Balaban J connectivity index is 1.80. The molecule has 6 nitrogen and oxygen atoms in total. The van der Waals surface area contributed by atoms with E-state index >= 15 is 0 Å². The number of piperazine rings is 1. The third-order valence-corrected chi connectivity index (χ3v) is 4.97. The molecular formula is C18H23N3O3. The summed E-state index contributed by atoms with van der Waals surface area (Å²) >= 11 is 0. The van der Waals surface area contributed by atoms with Crippen LogP contribution >= 0.6 is 0 Å². The van der Waals surface area contributed by atoms with Crippen molar-refractivity contribution in [1.29, 1.82) is 0 Å². The fourth-order valence-electron chi connectivity index (χ4n) is 3.74. The molecule has 0 unspecified atom stereocenters. The van der Waals surface area contributed by atoms with Crippen LogP contribution in [0.3, 0.4) is 0 Å². The van der Waals surface area contributed by atoms with Gasteiger partial charge in [0, 0.05) is 31.6 Å². The molecule has 2 heterocycles. The van der Waals surface area contributed by atoms with Gasteiger partial charge in [-0.25, -0.2) is 0 Å². The number of rotatable bonds is 2. The maximum atomic E-state index is 12.9. The lowest BCUT2D eigenvalue weighted by atomic mass is 10.0. The molecule has 0 bridgehead atoms. The molecule has 3 rings (SSSR count). The van der Waals surface area contributed by atoms with Gasteiger partial charge in [0.1, 0.15) is 6.04 Å².